The summed E-state index contributed by atoms with van der Waals surface area (Å²) in [6.07, 6.45) is 0. The number of nitrogens with zero attached hydrogens (tertiary/aromatic N) is 1. The first-order chi connectivity index (χ1) is 10.1. The highest BCUT2D eigenvalue weighted by Crippen LogP contribution is 2.36. The lowest BCUT2D eigenvalue weighted by atomic mass is 10.1. The minimum Gasteiger partial charge on any atom is -0.493 e. The number of methoxy groups -OCH3 is 1. The van der Waals surface area contributed by atoms with E-state index in [0.717, 1.165) is 0 Å². The number of amides is 1. The standard InChI is InChI=1S/C15H13N3O3/c1-20-13-7-9(8-16)5-6-12(13)21-14-10(15(18)19)3-2-4-11(14)17/h2-7H,17H2,1H3,(H2,18,19). The molecule has 0 bridgehead atoms. The first-order valence-electron chi connectivity index (χ1n) is 6.01. The topological polar surface area (TPSA) is 111 Å². The van der Waals surface area contributed by atoms with Crippen LogP contribution in [0.3, 0.4) is 0 Å². The van der Waals surface area contributed by atoms with Crippen LogP contribution in [0.5, 0.6) is 17.2 Å². The molecule has 21 heavy (non-hydrogen) atoms. The Balaban J connectivity index is 2.48. The van der Waals surface area contributed by atoms with Crippen molar-refractivity contribution in [3.63, 3.8) is 0 Å². The first-order valence-corrected chi connectivity index (χ1v) is 6.01. The molecule has 2 rings (SSSR count). The first kappa shape index (κ1) is 14.2. The zero-order valence-electron chi connectivity index (χ0n) is 11.3. The largest absolute Gasteiger partial charge is 0.493 e. The fraction of sp³-hybridized carbons (Fsp3) is 0.0667. The number of nitrogen functional groups attached to an aromatic ring is 1. The number of para-hydroxylation sites is 1. The highest BCUT2D eigenvalue weighted by Gasteiger charge is 2.15. The molecule has 1 amide bonds. The molecular weight excluding hydrogens is 270 g/mol. The second-order valence-corrected chi connectivity index (χ2v) is 4.17. The van der Waals surface area contributed by atoms with Crippen LogP contribution in [0.2, 0.25) is 0 Å². The fourth-order valence-corrected chi connectivity index (χ4v) is 1.79. The number of ether oxygens (including phenoxy) is 2. The van der Waals surface area contributed by atoms with Crippen molar-refractivity contribution >= 4 is 11.6 Å². The van der Waals surface area contributed by atoms with Gasteiger partial charge in [-0.05, 0) is 24.3 Å². The summed E-state index contributed by atoms with van der Waals surface area (Å²) in [5, 5.41) is 8.87. The van der Waals surface area contributed by atoms with Crippen molar-refractivity contribution in [3.05, 3.63) is 47.5 Å². The van der Waals surface area contributed by atoms with Crippen LogP contribution in [0.1, 0.15) is 15.9 Å². The van der Waals surface area contributed by atoms with Gasteiger partial charge in [0.2, 0.25) is 0 Å². The number of hydrogen-bond donors (Lipinski definition) is 2. The van der Waals surface area contributed by atoms with Crippen LogP contribution in [-0.2, 0) is 0 Å². The minimum atomic E-state index is -0.648. The second-order valence-electron chi connectivity index (χ2n) is 4.17. The third-order valence-electron chi connectivity index (χ3n) is 2.82. The van der Waals surface area contributed by atoms with Crippen LogP contribution in [0, 0.1) is 11.3 Å². The van der Waals surface area contributed by atoms with Crippen LogP contribution in [0.4, 0.5) is 5.69 Å². The predicted octanol–water partition coefficient (Wildman–Crippen LogP) is 2.04. The second kappa shape index (κ2) is 5.84. The molecule has 2 aromatic rings. The molecule has 2 aromatic carbocycles. The number of nitriles is 1. The Morgan fingerprint density at radius 2 is 2.00 bits per heavy atom. The highest BCUT2D eigenvalue weighted by atomic mass is 16.5. The average Bonchev–Trinajstić information content (AvgIpc) is 2.49. The summed E-state index contributed by atoms with van der Waals surface area (Å²) < 4.78 is 10.8. The molecule has 0 aromatic heterocycles. The Hall–Kier alpha value is -3.20. The Labute approximate surface area is 121 Å². The Kier molecular flexibility index (Phi) is 3.95. The van der Waals surface area contributed by atoms with Crippen LogP contribution in [-0.4, -0.2) is 13.0 Å². The zero-order valence-corrected chi connectivity index (χ0v) is 11.3. The van der Waals surface area contributed by atoms with Crippen molar-refractivity contribution < 1.29 is 14.3 Å². The molecule has 0 unspecified atom stereocenters. The highest BCUT2D eigenvalue weighted by molar-refractivity contribution is 5.97. The summed E-state index contributed by atoms with van der Waals surface area (Å²) in [6.45, 7) is 0. The molecule has 0 spiro atoms. The van der Waals surface area contributed by atoms with Gasteiger partial charge in [0.05, 0.1) is 30.0 Å². The number of carbonyl (C=O) groups excluding carboxylic acids is 1. The number of carbonyl (C=O) groups is 1. The molecule has 0 aliphatic heterocycles. The molecule has 0 atom stereocenters. The van der Waals surface area contributed by atoms with Gasteiger partial charge in [0.25, 0.3) is 5.91 Å². The molecule has 0 aliphatic carbocycles. The van der Waals surface area contributed by atoms with E-state index in [9.17, 15) is 4.79 Å². The van der Waals surface area contributed by atoms with Gasteiger partial charge in [0, 0.05) is 6.07 Å². The lowest BCUT2D eigenvalue weighted by molar-refractivity contribution is 0.0998. The van der Waals surface area contributed by atoms with E-state index in [0.29, 0.717) is 17.1 Å². The number of nitrogens with two attached hydrogens (primary N) is 2. The minimum absolute atomic E-state index is 0.160. The molecule has 6 nitrogen and oxygen atoms in total. The van der Waals surface area contributed by atoms with Gasteiger partial charge < -0.3 is 20.9 Å². The molecule has 0 saturated heterocycles. The van der Waals surface area contributed by atoms with Crippen molar-refractivity contribution in [2.75, 3.05) is 12.8 Å². The van der Waals surface area contributed by atoms with Gasteiger partial charge >= 0.3 is 0 Å². The number of benzene rings is 2. The van der Waals surface area contributed by atoms with E-state index in [-0.39, 0.29) is 17.0 Å². The maximum atomic E-state index is 11.4. The van der Waals surface area contributed by atoms with Gasteiger partial charge in [0.15, 0.2) is 17.2 Å². The van der Waals surface area contributed by atoms with Gasteiger partial charge in [-0.15, -0.1) is 0 Å². The monoisotopic (exact) mass is 283 g/mol. The van der Waals surface area contributed by atoms with Gasteiger partial charge in [-0.25, -0.2) is 0 Å². The van der Waals surface area contributed by atoms with Crippen molar-refractivity contribution in [1.82, 2.24) is 0 Å². The SMILES string of the molecule is COc1cc(C#N)ccc1Oc1c(N)cccc1C(N)=O. The van der Waals surface area contributed by atoms with E-state index in [2.05, 4.69) is 0 Å². The van der Waals surface area contributed by atoms with E-state index in [1.54, 1.807) is 24.3 Å². The van der Waals surface area contributed by atoms with E-state index in [1.165, 1.54) is 19.2 Å². The molecule has 0 aliphatic rings. The summed E-state index contributed by atoms with van der Waals surface area (Å²) in [5.41, 5.74) is 12.0. The molecule has 0 radical (unpaired) electrons. The van der Waals surface area contributed by atoms with Gasteiger partial charge in [-0.3, -0.25) is 4.79 Å². The molecule has 0 fully saturated rings. The summed E-state index contributed by atoms with van der Waals surface area (Å²) in [7, 11) is 1.45. The maximum absolute atomic E-state index is 11.4. The van der Waals surface area contributed by atoms with E-state index >= 15 is 0 Å². The normalized spacial score (nSPS) is 9.71. The van der Waals surface area contributed by atoms with Crippen molar-refractivity contribution in [3.8, 4) is 23.3 Å². The number of primary amides is 1. The van der Waals surface area contributed by atoms with Crippen LogP contribution < -0.4 is 20.9 Å². The zero-order chi connectivity index (χ0) is 15.4. The maximum Gasteiger partial charge on any atom is 0.252 e. The lowest BCUT2D eigenvalue weighted by Gasteiger charge is -2.14. The lowest BCUT2D eigenvalue weighted by Crippen LogP contribution is -2.13. The van der Waals surface area contributed by atoms with Gasteiger partial charge in [-0.1, -0.05) is 6.07 Å². The Morgan fingerprint density at radius 1 is 1.24 bits per heavy atom. The van der Waals surface area contributed by atoms with E-state index < -0.39 is 5.91 Å². The molecule has 4 N–H and O–H groups in total. The summed E-state index contributed by atoms with van der Waals surface area (Å²) in [6, 6.07) is 11.4. The smallest absolute Gasteiger partial charge is 0.252 e. The van der Waals surface area contributed by atoms with Crippen LogP contribution in [0.25, 0.3) is 0 Å². The fourth-order valence-electron chi connectivity index (χ4n) is 1.79. The van der Waals surface area contributed by atoms with Crippen LogP contribution in [0.15, 0.2) is 36.4 Å². The molecular formula is C15H13N3O3. The Morgan fingerprint density at radius 3 is 2.62 bits per heavy atom. The van der Waals surface area contributed by atoms with Crippen molar-refractivity contribution in [2.24, 2.45) is 5.73 Å². The summed E-state index contributed by atoms with van der Waals surface area (Å²) in [5.74, 6) is 0.197. The quantitative estimate of drug-likeness (QED) is 0.834. The average molecular weight is 283 g/mol. The third-order valence-corrected chi connectivity index (χ3v) is 2.82. The molecule has 6 heteroatoms. The van der Waals surface area contributed by atoms with Crippen LogP contribution >= 0.6 is 0 Å². The number of hydrogen-bond acceptors (Lipinski definition) is 5. The molecule has 0 saturated carbocycles. The summed E-state index contributed by atoms with van der Waals surface area (Å²) >= 11 is 0. The molecule has 0 heterocycles. The van der Waals surface area contributed by atoms with Gasteiger partial charge in [0.1, 0.15) is 0 Å². The number of rotatable bonds is 4. The summed E-state index contributed by atoms with van der Waals surface area (Å²) in [4.78, 5) is 11.4. The number of anilines is 1. The Bertz CT molecular complexity index is 735. The van der Waals surface area contributed by atoms with E-state index in [1.807, 2.05) is 6.07 Å². The predicted molar refractivity (Wildman–Crippen MR) is 77.2 cm³/mol. The van der Waals surface area contributed by atoms with Crippen molar-refractivity contribution in [1.29, 1.82) is 5.26 Å². The van der Waals surface area contributed by atoms with Gasteiger partial charge in [-0.2, -0.15) is 5.26 Å². The third kappa shape index (κ3) is 2.87. The van der Waals surface area contributed by atoms with Crippen molar-refractivity contribution in [2.45, 2.75) is 0 Å². The molecule has 106 valence electrons. The van der Waals surface area contributed by atoms with E-state index in [4.69, 9.17) is 26.2 Å².